The van der Waals surface area contributed by atoms with Gasteiger partial charge in [-0.1, -0.05) is 0 Å². The van der Waals surface area contributed by atoms with Gasteiger partial charge in [0.05, 0.1) is 6.10 Å². The number of ether oxygens (including phenoxy) is 1. The summed E-state index contributed by atoms with van der Waals surface area (Å²) >= 11 is 0. The highest BCUT2D eigenvalue weighted by Gasteiger charge is 2.29. The van der Waals surface area contributed by atoms with E-state index in [1.807, 2.05) is 4.90 Å². The first-order valence-corrected chi connectivity index (χ1v) is 6.64. The maximum Gasteiger partial charge on any atom is 0.254 e. The highest BCUT2D eigenvalue weighted by Crippen LogP contribution is 2.30. The molecule has 1 amide bonds. The van der Waals surface area contributed by atoms with E-state index < -0.39 is 0 Å². The van der Waals surface area contributed by atoms with E-state index in [1.165, 1.54) is 12.8 Å². The Bertz CT molecular complexity index is 417. The minimum absolute atomic E-state index is 0.0925. The molecule has 1 atom stereocenters. The number of carbonyl (C=O) groups excluding carboxylic acids is 1. The van der Waals surface area contributed by atoms with Gasteiger partial charge in [0.15, 0.2) is 0 Å². The summed E-state index contributed by atoms with van der Waals surface area (Å²) in [7, 11) is 0. The van der Waals surface area contributed by atoms with Crippen molar-refractivity contribution in [2.45, 2.75) is 25.4 Å². The van der Waals surface area contributed by atoms with Crippen LogP contribution in [0.25, 0.3) is 0 Å². The van der Waals surface area contributed by atoms with Crippen molar-refractivity contribution >= 4 is 5.91 Å². The van der Waals surface area contributed by atoms with Gasteiger partial charge in [-0.05, 0) is 37.3 Å². The summed E-state index contributed by atoms with van der Waals surface area (Å²) in [5.41, 5.74) is 0.716. The second-order valence-electron chi connectivity index (χ2n) is 5.17. The van der Waals surface area contributed by atoms with Gasteiger partial charge in [0, 0.05) is 37.7 Å². The average Bonchev–Trinajstić information content (AvgIpc) is 3.14. The lowest BCUT2D eigenvalue weighted by molar-refractivity contribution is 0.0480. The lowest BCUT2D eigenvalue weighted by Gasteiger charge is -2.16. The summed E-state index contributed by atoms with van der Waals surface area (Å²) in [5.74, 6) is 0.880. The number of hydrogen-bond acceptors (Lipinski definition) is 3. The monoisotopic (exact) mass is 246 g/mol. The molecule has 0 bridgehead atoms. The van der Waals surface area contributed by atoms with Crippen LogP contribution in [0, 0.1) is 5.92 Å². The van der Waals surface area contributed by atoms with Gasteiger partial charge < -0.3 is 9.64 Å². The first-order chi connectivity index (χ1) is 8.83. The molecule has 1 aromatic heterocycles. The molecule has 96 valence electrons. The third-order valence-corrected chi connectivity index (χ3v) is 3.62. The van der Waals surface area contributed by atoms with Gasteiger partial charge in [-0.3, -0.25) is 9.78 Å². The Balaban J connectivity index is 1.53. The van der Waals surface area contributed by atoms with E-state index in [0.717, 1.165) is 32.0 Å². The van der Waals surface area contributed by atoms with Crippen LogP contribution in [0.5, 0.6) is 0 Å². The topological polar surface area (TPSA) is 42.4 Å². The molecular formula is C14H18N2O2. The molecule has 1 aliphatic carbocycles. The number of aromatic nitrogens is 1. The molecular weight excluding hydrogens is 228 g/mol. The Kier molecular flexibility index (Phi) is 3.28. The van der Waals surface area contributed by atoms with E-state index >= 15 is 0 Å². The third-order valence-electron chi connectivity index (χ3n) is 3.62. The third kappa shape index (κ3) is 2.70. The Morgan fingerprint density at radius 3 is 2.83 bits per heavy atom. The second-order valence-corrected chi connectivity index (χ2v) is 5.17. The maximum absolute atomic E-state index is 12.2. The molecule has 3 rings (SSSR count). The predicted molar refractivity (Wildman–Crippen MR) is 67.2 cm³/mol. The van der Waals surface area contributed by atoms with Gasteiger partial charge in [-0.2, -0.15) is 0 Å². The first kappa shape index (κ1) is 11.7. The van der Waals surface area contributed by atoms with Crippen LogP contribution >= 0.6 is 0 Å². The smallest absolute Gasteiger partial charge is 0.254 e. The summed E-state index contributed by atoms with van der Waals surface area (Å²) in [5, 5.41) is 0. The molecule has 1 saturated carbocycles. The summed E-state index contributed by atoms with van der Waals surface area (Å²) in [6.45, 7) is 2.41. The van der Waals surface area contributed by atoms with Crippen LogP contribution < -0.4 is 0 Å². The van der Waals surface area contributed by atoms with E-state index in [1.54, 1.807) is 24.5 Å². The Morgan fingerprint density at radius 2 is 2.11 bits per heavy atom. The Morgan fingerprint density at radius 1 is 1.33 bits per heavy atom. The zero-order valence-corrected chi connectivity index (χ0v) is 10.4. The zero-order valence-electron chi connectivity index (χ0n) is 10.4. The van der Waals surface area contributed by atoms with Crippen LogP contribution in [0.2, 0.25) is 0 Å². The second kappa shape index (κ2) is 5.06. The fourth-order valence-corrected chi connectivity index (χ4v) is 2.28. The molecule has 1 saturated heterocycles. The molecule has 2 heterocycles. The number of hydrogen-bond donors (Lipinski definition) is 0. The van der Waals surface area contributed by atoms with Gasteiger partial charge in [-0.25, -0.2) is 0 Å². The van der Waals surface area contributed by atoms with Crippen molar-refractivity contribution in [1.82, 2.24) is 9.88 Å². The lowest BCUT2D eigenvalue weighted by atomic mass is 10.2. The average molecular weight is 246 g/mol. The lowest BCUT2D eigenvalue weighted by Crippen LogP contribution is -2.30. The molecule has 0 N–H and O–H groups in total. The summed E-state index contributed by atoms with van der Waals surface area (Å²) in [6.07, 6.45) is 7.13. The van der Waals surface area contributed by atoms with Crippen molar-refractivity contribution in [3.8, 4) is 0 Å². The molecule has 1 aromatic rings. The highest BCUT2D eigenvalue weighted by atomic mass is 16.5. The van der Waals surface area contributed by atoms with Gasteiger partial charge in [0.1, 0.15) is 0 Å². The van der Waals surface area contributed by atoms with Crippen molar-refractivity contribution in [3.63, 3.8) is 0 Å². The van der Waals surface area contributed by atoms with Gasteiger partial charge in [-0.15, -0.1) is 0 Å². The number of likely N-dealkylation sites (tertiary alicyclic amines) is 1. The minimum Gasteiger partial charge on any atom is -0.376 e. The van der Waals surface area contributed by atoms with Crippen LogP contribution in [-0.4, -0.2) is 41.6 Å². The van der Waals surface area contributed by atoms with Crippen LogP contribution in [0.4, 0.5) is 0 Å². The van der Waals surface area contributed by atoms with Gasteiger partial charge >= 0.3 is 0 Å². The van der Waals surface area contributed by atoms with Gasteiger partial charge in [0.2, 0.25) is 0 Å². The predicted octanol–water partition coefficient (Wildman–Crippen LogP) is 1.72. The molecule has 18 heavy (non-hydrogen) atoms. The van der Waals surface area contributed by atoms with Crippen molar-refractivity contribution in [3.05, 3.63) is 30.1 Å². The maximum atomic E-state index is 12.2. The molecule has 0 aromatic carbocycles. The highest BCUT2D eigenvalue weighted by molar-refractivity contribution is 5.94. The largest absolute Gasteiger partial charge is 0.376 e. The van der Waals surface area contributed by atoms with Crippen LogP contribution in [0.15, 0.2) is 24.5 Å². The summed E-state index contributed by atoms with van der Waals surface area (Å²) in [6, 6.07) is 3.53. The Hall–Kier alpha value is -1.42. The Labute approximate surface area is 107 Å². The van der Waals surface area contributed by atoms with Crippen molar-refractivity contribution in [2.24, 2.45) is 5.92 Å². The normalized spacial score (nSPS) is 23.3. The van der Waals surface area contributed by atoms with E-state index in [0.29, 0.717) is 5.56 Å². The molecule has 4 nitrogen and oxygen atoms in total. The van der Waals surface area contributed by atoms with Crippen LogP contribution in [-0.2, 0) is 4.74 Å². The molecule has 1 aliphatic heterocycles. The van der Waals surface area contributed by atoms with Crippen molar-refractivity contribution in [1.29, 1.82) is 0 Å². The number of pyridine rings is 1. The van der Waals surface area contributed by atoms with Crippen LogP contribution in [0.3, 0.4) is 0 Å². The fourth-order valence-electron chi connectivity index (χ4n) is 2.28. The minimum atomic E-state index is 0.0925. The molecule has 2 aliphatic rings. The fraction of sp³-hybridized carbons (Fsp3) is 0.571. The van der Waals surface area contributed by atoms with E-state index in [9.17, 15) is 4.79 Å². The van der Waals surface area contributed by atoms with Crippen LogP contribution in [0.1, 0.15) is 29.6 Å². The standard InChI is InChI=1S/C14H18N2O2/c17-14(12-3-6-15-7-4-12)16-8-5-13(9-16)18-10-11-1-2-11/h3-4,6-7,11,13H,1-2,5,8-10H2. The van der Waals surface area contributed by atoms with Crippen molar-refractivity contribution < 1.29 is 9.53 Å². The molecule has 1 unspecified atom stereocenters. The van der Waals surface area contributed by atoms with E-state index in [-0.39, 0.29) is 12.0 Å². The number of rotatable bonds is 4. The molecule has 4 heteroatoms. The molecule has 0 radical (unpaired) electrons. The molecule has 0 spiro atoms. The summed E-state index contributed by atoms with van der Waals surface area (Å²) in [4.78, 5) is 18.0. The van der Waals surface area contributed by atoms with E-state index in [2.05, 4.69) is 4.98 Å². The number of amides is 1. The number of nitrogens with zero attached hydrogens (tertiary/aromatic N) is 2. The quantitative estimate of drug-likeness (QED) is 0.812. The van der Waals surface area contributed by atoms with Crippen molar-refractivity contribution in [2.75, 3.05) is 19.7 Å². The van der Waals surface area contributed by atoms with Gasteiger partial charge in [0.25, 0.3) is 5.91 Å². The number of carbonyl (C=O) groups is 1. The zero-order chi connectivity index (χ0) is 12.4. The van der Waals surface area contributed by atoms with E-state index in [4.69, 9.17) is 4.74 Å². The SMILES string of the molecule is O=C(c1ccncc1)N1CCC(OCC2CC2)C1. The molecule has 2 fully saturated rings. The summed E-state index contributed by atoms with van der Waals surface area (Å²) < 4.78 is 5.84. The first-order valence-electron chi connectivity index (χ1n) is 6.64.